The molecule has 0 aromatic heterocycles. The van der Waals surface area contributed by atoms with Crippen LogP contribution in [0.3, 0.4) is 0 Å². The SMILES string of the molecule is COc1cccc2c1CC(C(=O)O)NC2=O. The van der Waals surface area contributed by atoms with Gasteiger partial charge in [-0.05, 0) is 12.1 Å². The van der Waals surface area contributed by atoms with Crippen molar-refractivity contribution in [3.8, 4) is 5.75 Å². The number of nitrogens with one attached hydrogen (secondary N) is 1. The van der Waals surface area contributed by atoms with Gasteiger partial charge in [-0.25, -0.2) is 4.79 Å². The van der Waals surface area contributed by atoms with E-state index in [0.29, 0.717) is 16.9 Å². The minimum atomic E-state index is -1.04. The van der Waals surface area contributed by atoms with Crippen molar-refractivity contribution in [2.75, 3.05) is 7.11 Å². The molecule has 5 heteroatoms. The second-order valence-electron chi connectivity index (χ2n) is 3.55. The average Bonchev–Trinajstić information content (AvgIpc) is 2.28. The molecule has 0 fully saturated rings. The number of benzene rings is 1. The van der Waals surface area contributed by atoms with Gasteiger partial charge in [0.1, 0.15) is 11.8 Å². The number of hydrogen-bond acceptors (Lipinski definition) is 3. The molecule has 2 N–H and O–H groups in total. The zero-order valence-corrected chi connectivity index (χ0v) is 8.69. The van der Waals surface area contributed by atoms with Crippen molar-refractivity contribution < 1.29 is 19.4 Å². The number of hydrogen-bond donors (Lipinski definition) is 2. The summed E-state index contributed by atoms with van der Waals surface area (Å²) in [6.07, 6.45) is 0.250. The fourth-order valence-corrected chi connectivity index (χ4v) is 1.82. The summed E-state index contributed by atoms with van der Waals surface area (Å²) in [5, 5.41) is 11.3. The van der Waals surface area contributed by atoms with Crippen molar-refractivity contribution >= 4 is 11.9 Å². The highest BCUT2D eigenvalue weighted by Crippen LogP contribution is 2.26. The molecule has 2 rings (SSSR count). The molecule has 0 saturated heterocycles. The number of rotatable bonds is 2. The monoisotopic (exact) mass is 221 g/mol. The van der Waals surface area contributed by atoms with E-state index in [-0.39, 0.29) is 12.3 Å². The molecule has 16 heavy (non-hydrogen) atoms. The Kier molecular flexibility index (Phi) is 2.52. The lowest BCUT2D eigenvalue weighted by Crippen LogP contribution is -2.46. The maximum absolute atomic E-state index is 11.6. The van der Waals surface area contributed by atoms with Crippen LogP contribution in [0.5, 0.6) is 5.75 Å². The van der Waals surface area contributed by atoms with Gasteiger partial charge in [0, 0.05) is 17.5 Å². The molecule has 0 spiro atoms. The first-order chi connectivity index (χ1) is 7.63. The molecule has 1 amide bonds. The molecule has 1 aliphatic heterocycles. The smallest absolute Gasteiger partial charge is 0.326 e. The van der Waals surface area contributed by atoms with Crippen LogP contribution in [0.25, 0.3) is 0 Å². The van der Waals surface area contributed by atoms with E-state index < -0.39 is 12.0 Å². The average molecular weight is 221 g/mol. The van der Waals surface area contributed by atoms with Gasteiger partial charge in [0.05, 0.1) is 7.11 Å². The Morgan fingerprint density at radius 1 is 1.56 bits per heavy atom. The molecule has 1 aromatic carbocycles. The number of methoxy groups -OCH3 is 1. The first-order valence-electron chi connectivity index (χ1n) is 4.83. The molecule has 0 saturated carbocycles. The van der Waals surface area contributed by atoms with Gasteiger partial charge >= 0.3 is 5.97 Å². The standard InChI is InChI=1S/C11H11NO4/c1-16-9-4-2-3-6-7(9)5-8(11(14)15)12-10(6)13/h2-4,8H,5H2,1H3,(H,12,13)(H,14,15). The lowest BCUT2D eigenvalue weighted by molar-refractivity contribution is -0.139. The predicted octanol–water partition coefficient (Wildman–Crippen LogP) is 0.434. The Morgan fingerprint density at radius 3 is 2.94 bits per heavy atom. The number of amides is 1. The highest BCUT2D eigenvalue weighted by atomic mass is 16.5. The van der Waals surface area contributed by atoms with Crippen LogP contribution in [0.1, 0.15) is 15.9 Å². The summed E-state index contributed by atoms with van der Waals surface area (Å²) < 4.78 is 5.12. The molecule has 1 atom stereocenters. The third kappa shape index (κ3) is 1.60. The zero-order valence-electron chi connectivity index (χ0n) is 8.69. The number of aliphatic carboxylic acids is 1. The molecule has 1 unspecified atom stereocenters. The first-order valence-corrected chi connectivity index (χ1v) is 4.83. The van der Waals surface area contributed by atoms with Gasteiger partial charge < -0.3 is 15.2 Å². The van der Waals surface area contributed by atoms with E-state index in [1.165, 1.54) is 7.11 Å². The maximum Gasteiger partial charge on any atom is 0.326 e. The van der Waals surface area contributed by atoms with Crippen molar-refractivity contribution in [3.63, 3.8) is 0 Å². The van der Waals surface area contributed by atoms with Crippen LogP contribution in [-0.2, 0) is 11.2 Å². The largest absolute Gasteiger partial charge is 0.496 e. The van der Waals surface area contributed by atoms with E-state index in [2.05, 4.69) is 5.32 Å². The molecule has 1 aliphatic rings. The molecule has 0 bridgehead atoms. The normalized spacial score (nSPS) is 18.6. The van der Waals surface area contributed by atoms with E-state index in [1.54, 1.807) is 18.2 Å². The summed E-state index contributed by atoms with van der Waals surface area (Å²) in [7, 11) is 1.50. The van der Waals surface area contributed by atoms with E-state index in [0.717, 1.165) is 0 Å². The second-order valence-corrected chi connectivity index (χ2v) is 3.55. The Balaban J connectivity index is 2.46. The Bertz CT molecular complexity index is 455. The highest BCUT2D eigenvalue weighted by Gasteiger charge is 2.30. The molecule has 1 aromatic rings. The van der Waals surface area contributed by atoms with Gasteiger partial charge in [-0.1, -0.05) is 6.07 Å². The third-order valence-corrected chi connectivity index (χ3v) is 2.61. The second kappa shape index (κ2) is 3.84. The Hall–Kier alpha value is -2.04. The van der Waals surface area contributed by atoms with E-state index in [9.17, 15) is 9.59 Å². The van der Waals surface area contributed by atoms with Crippen molar-refractivity contribution in [3.05, 3.63) is 29.3 Å². The molecule has 0 aliphatic carbocycles. The van der Waals surface area contributed by atoms with E-state index >= 15 is 0 Å². The lowest BCUT2D eigenvalue weighted by atomic mass is 9.94. The van der Waals surface area contributed by atoms with Crippen LogP contribution < -0.4 is 10.1 Å². The van der Waals surface area contributed by atoms with Gasteiger partial charge in [-0.3, -0.25) is 4.79 Å². The van der Waals surface area contributed by atoms with Crippen LogP contribution in [0.4, 0.5) is 0 Å². The Morgan fingerprint density at radius 2 is 2.31 bits per heavy atom. The minimum Gasteiger partial charge on any atom is -0.496 e. The van der Waals surface area contributed by atoms with Crippen LogP contribution in [-0.4, -0.2) is 30.1 Å². The molecule has 5 nitrogen and oxygen atoms in total. The van der Waals surface area contributed by atoms with Gasteiger partial charge in [0.2, 0.25) is 0 Å². The third-order valence-electron chi connectivity index (χ3n) is 2.61. The van der Waals surface area contributed by atoms with Gasteiger partial charge in [0.25, 0.3) is 5.91 Å². The number of carbonyl (C=O) groups is 2. The van der Waals surface area contributed by atoms with Gasteiger partial charge in [-0.15, -0.1) is 0 Å². The number of ether oxygens (including phenoxy) is 1. The fraction of sp³-hybridized carbons (Fsp3) is 0.273. The molecular formula is C11H11NO4. The summed E-state index contributed by atoms with van der Waals surface area (Å²) >= 11 is 0. The van der Waals surface area contributed by atoms with E-state index in [1.807, 2.05) is 0 Å². The summed E-state index contributed by atoms with van der Waals surface area (Å²) in [5.41, 5.74) is 1.14. The first kappa shape index (κ1) is 10.5. The molecule has 1 heterocycles. The summed E-state index contributed by atoms with van der Waals surface area (Å²) in [6.45, 7) is 0. The number of carboxylic acids is 1. The highest BCUT2D eigenvalue weighted by molar-refractivity contribution is 6.00. The Labute approximate surface area is 92.0 Å². The maximum atomic E-state index is 11.6. The fourth-order valence-electron chi connectivity index (χ4n) is 1.82. The molecular weight excluding hydrogens is 210 g/mol. The zero-order chi connectivity index (χ0) is 11.7. The number of fused-ring (bicyclic) bond motifs is 1. The molecule has 84 valence electrons. The lowest BCUT2D eigenvalue weighted by Gasteiger charge is -2.23. The number of carboxylic acid groups (broad SMARTS) is 1. The summed E-state index contributed by atoms with van der Waals surface area (Å²) in [5.74, 6) is -0.851. The minimum absolute atomic E-state index is 0.250. The van der Waals surface area contributed by atoms with Crippen molar-refractivity contribution in [2.45, 2.75) is 12.5 Å². The van der Waals surface area contributed by atoms with Gasteiger partial charge in [-0.2, -0.15) is 0 Å². The van der Waals surface area contributed by atoms with Crippen LogP contribution in [0, 0.1) is 0 Å². The van der Waals surface area contributed by atoms with Crippen LogP contribution >= 0.6 is 0 Å². The van der Waals surface area contributed by atoms with Crippen molar-refractivity contribution in [1.82, 2.24) is 5.32 Å². The quantitative estimate of drug-likeness (QED) is 0.759. The van der Waals surface area contributed by atoms with Gasteiger partial charge in [0.15, 0.2) is 0 Å². The van der Waals surface area contributed by atoms with E-state index in [4.69, 9.17) is 9.84 Å². The van der Waals surface area contributed by atoms with Crippen molar-refractivity contribution in [1.29, 1.82) is 0 Å². The summed E-state index contributed by atoms with van der Waals surface area (Å²) in [6, 6.07) is 4.20. The predicted molar refractivity (Wildman–Crippen MR) is 55.6 cm³/mol. The topological polar surface area (TPSA) is 75.6 Å². The van der Waals surface area contributed by atoms with Crippen molar-refractivity contribution in [2.24, 2.45) is 0 Å². The van der Waals surface area contributed by atoms with Crippen LogP contribution in [0.2, 0.25) is 0 Å². The van der Waals surface area contributed by atoms with Crippen LogP contribution in [0.15, 0.2) is 18.2 Å². The number of carbonyl (C=O) groups excluding carboxylic acids is 1. The molecule has 0 radical (unpaired) electrons. The summed E-state index contributed by atoms with van der Waals surface area (Å²) in [4.78, 5) is 22.5.